The van der Waals surface area contributed by atoms with Crippen LogP contribution < -0.4 is 0 Å². The molecule has 0 radical (unpaired) electrons. The highest BCUT2D eigenvalue weighted by Gasteiger charge is 2.34. The lowest BCUT2D eigenvalue weighted by molar-refractivity contribution is -0.0235. The number of benzene rings is 6. The Morgan fingerprint density at radius 3 is 1.26 bits per heavy atom. The smallest absolute Gasteiger partial charge is 0.338 e. The summed E-state index contributed by atoms with van der Waals surface area (Å²) in [7, 11) is 3.08. The van der Waals surface area contributed by atoms with Crippen molar-refractivity contribution in [2.45, 2.75) is 18.0 Å². The van der Waals surface area contributed by atoms with Crippen LogP contribution in [0.4, 0.5) is 0 Å². The third kappa shape index (κ3) is 9.57. The van der Waals surface area contributed by atoms with E-state index in [2.05, 4.69) is 5.16 Å². The van der Waals surface area contributed by atoms with E-state index in [0.717, 1.165) is 33.4 Å². The van der Waals surface area contributed by atoms with Gasteiger partial charge in [-0.1, -0.05) is 133 Å². The van der Waals surface area contributed by atoms with Crippen LogP contribution in [0.3, 0.4) is 0 Å². The standard InChI is InChI=1S/C45H38BNO7/c1-51-47-29-41(53-44(49)38-25-19-35(20-26-38)32-13-7-3-8-14-32)42(54-45(50)39-27-21-36(22-28-39)33-15-9-4-10-16-33)40(46)30-52-43(48)37-23-17-34(18-24-37)31-11-5-2-6-12-31/h2-29,40-42H,30,46H2,1H3/b47-29+/t40-,41+,42+/m1/s1. The van der Waals surface area contributed by atoms with Crippen molar-refractivity contribution in [3.05, 3.63) is 180 Å². The van der Waals surface area contributed by atoms with Gasteiger partial charge in [0.25, 0.3) is 0 Å². The molecule has 6 aromatic carbocycles. The Balaban J connectivity index is 1.21. The second-order valence-corrected chi connectivity index (χ2v) is 12.6. The molecule has 0 unspecified atom stereocenters. The van der Waals surface area contributed by atoms with Crippen molar-refractivity contribution in [3.8, 4) is 33.4 Å². The van der Waals surface area contributed by atoms with Crippen LogP contribution in [0, 0.1) is 0 Å². The maximum Gasteiger partial charge on any atom is 0.338 e. The van der Waals surface area contributed by atoms with Gasteiger partial charge in [-0.3, -0.25) is 0 Å². The molecular weight excluding hydrogens is 677 g/mol. The highest BCUT2D eigenvalue weighted by atomic mass is 16.6. The maximum absolute atomic E-state index is 13.7. The molecular formula is C45H38BNO7. The van der Waals surface area contributed by atoms with Gasteiger partial charge in [0.1, 0.15) is 21.1 Å². The van der Waals surface area contributed by atoms with E-state index < -0.39 is 35.9 Å². The lowest BCUT2D eigenvalue weighted by Crippen LogP contribution is -2.41. The quantitative estimate of drug-likeness (QED) is 0.0368. The van der Waals surface area contributed by atoms with Crippen molar-refractivity contribution in [1.82, 2.24) is 0 Å². The first-order valence-electron chi connectivity index (χ1n) is 17.5. The molecule has 268 valence electrons. The molecule has 0 saturated carbocycles. The molecule has 0 aliphatic heterocycles. The lowest BCUT2D eigenvalue weighted by atomic mass is 9.80. The molecule has 0 bridgehead atoms. The number of carbonyl (C=O) groups is 3. The van der Waals surface area contributed by atoms with E-state index in [1.54, 1.807) is 44.2 Å². The van der Waals surface area contributed by atoms with Gasteiger partial charge >= 0.3 is 17.9 Å². The number of oxime groups is 1. The van der Waals surface area contributed by atoms with Crippen molar-refractivity contribution < 1.29 is 33.4 Å². The second kappa shape index (κ2) is 18.2. The fraction of sp³-hybridized carbons (Fsp3) is 0.111. The average molecular weight is 716 g/mol. The van der Waals surface area contributed by atoms with E-state index >= 15 is 0 Å². The minimum absolute atomic E-state index is 0.162. The fourth-order valence-electron chi connectivity index (χ4n) is 5.87. The zero-order chi connectivity index (χ0) is 37.7. The highest BCUT2D eigenvalue weighted by Crippen LogP contribution is 2.25. The van der Waals surface area contributed by atoms with Crippen molar-refractivity contribution in [2.75, 3.05) is 13.7 Å². The van der Waals surface area contributed by atoms with Crippen LogP contribution in [-0.2, 0) is 19.0 Å². The van der Waals surface area contributed by atoms with Gasteiger partial charge in [-0.05, 0) is 69.8 Å². The summed E-state index contributed by atoms with van der Waals surface area (Å²) in [5.41, 5.74) is 6.77. The molecule has 0 spiro atoms. The van der Waals surface area contributed by atoms with Gasteiger partial charge in [-0.15, -0.1) is 0 Å². The first-order chi connectivity index (χ1) is 26.4. The predicted molar refractivity (Wildman–Crippen MR) is 212 cm³/mol. The summed E-state index contributed by atoms with van der Waals surface area (Å²) < 4.78 is 17.7. The molecule has 0 heterocycles. The van der Waals surface area contributed by atoms with Crippen molar-refractivity contribution in [1.29, 1.82) is 0 Å². The molecule has 6 aromatic rings. The third-order valence-corrected chi connectivity index (χ3v) is 8.84. The zero-order valence-corrected chi connectivity index (χ0v) is 29.9. The molecule has 6 rings (SSSR count). The molecule has 0 N–H and O–H groups in total. The van der Waals surface area contributed by atoms with E-state index in [1.165, 1.54) is 13.3 Å². The Labute approximate surface area is 315 Å². The Hall–Kier alpha value is -6.74. The largest absolute Gasteiger partial charge is 0.462 e. The number of esters is 3. The molecule has 0 amide bonds. The third-order valence-electron chi connectivity index (χ3n) is 8.84. The Kier molecular flexibility index (Phi) is 12.4. The Morgan fingerprint density at radius 2 is 0.870 bits per heavy atom. The Morgan fingerprint density at radius 1 is 0.519 bits per heavy atom. The van der Waals surface area contributed by atoms with Crippen LogP contribution in [-0.4, -0.2) is 57.9 Å². The molecule has 0 aliphatic carbocycles. The maximum atomic E-state index is 13.7. The summed E-state index contributed by atoms with van der Waals surface area (Å²) >= 11 is 0. The number of ether oxygens (including phenoxy) is 3. The molecule has 0 saturated heterocycles. The van der Waals surface area contributed by atoms with Crippen molar-refractivity contribution in [2.24, 2.45) is 5.16 Å². The monoisotopic (exact) mass is 715 g/mol. The van der Waals surface area contributed by atoms with E-state index in [9.17, 15) is 14.4 Å². The van der Waals surface area contributed by atoms with Crippen molar-refractivity contribution >= 4 is 32.0 Å². The first kappa shape index (κ1) is 37.0. The minimum Gasteiger partial charge on any atom is -0.462 e. The van der Waals surface area contributed by atoms with Gasteiger partial charge in [-0.2, -0.15) is 0 Å². The summed E-state index contributed by atoms with van der Waals surface area (Å²) in [5, 5.41) is 3.88. The molecule has 9 heteroatoms. The number of rotatable bonds is 14. The van der Waals surface area contributed by atoms with Crippen LogP contribution in [0.15, 0.2) is 169 Å². The van der Waals surface area contributed by atoms with Crippen LogP contribution in [0.25, 0.3) is 33.4 Å². The predicted octanol–water partition coefficient (Wildman–Crippen LogP) is 8.35. The van der Waals surface area contributed by atoms with Crippen LogP contribution in [0.1, 0.15) is 31.1 Å². The van der Waals surface area contributed by atoms with Gasteiger partial charge in [0.05, 0.1) is 29.5 Å². The van der Waals surface area contributed by atoms with Gasteiger partial charge in [-0.25, -0.2) is 14.4 Å². The number of hydrogen-bond donors (Lipinski definition) is 0. The fourth-order valence-corrected chi connectivity index (χ4v) is 5.87. The van der Waals surface area contributed by atoms with E-state index in [1.807, 2.05) is 127 Å². The van der Waals surface area contributed by atoms with Crippen LogP contribution >= 0.6 is 0 Å². The normalized spacial score (nSPS) is 12.6. The van der Waals surface area contributed by atoms with Gasteiger partial charge in [0, 0.05) is 5.82 Å². The van der Waals surface area contributed by atoms with Crippen LogP contribution in [0.2, 0.25) is 5.82 Å². The molecule has 0 aliphatic rings. The van der Waals surface area contributed by atoms with E-state index in [-0.39, 0.29) is 17.7 Å². The first-order valence-corrected chi connectivity index (χ1v) is 17.5. The molecule has 3 atom stereocenters. The van der Waals surface area contributed by atoms with E-state index in [4.69, 9.17) is 19.0 Å². The summed E-state index contributed by atoms with van der Waals surface area (Å²) in [4.78, 5) is 45.4. The van der Waals surface area contributed by atoms with E-state index in [0.29, 0.717) is 5.56 Å². The summed E-state index contributed by atoms with van der Waals surface area (Å²) in [6, 6.07) is 50.5. The molecule has 54 heavy (non-hydrogen) atoms. The molecule has 0 fully saturated rings. The molecule has 0 aromatic heterocycles. The van der Waals surface area contributed by atoms with Crippen LogP contribution in [0.5, 0.6) is 0 Å². The summed E-state index contributed by atoms with van der Waals surface area (Å²) in [5.74, 6) is -2.54. The highest BCUT2D eigenvalue weighted by molar-refractivity contribution is 6.13. The second-order valence-electron chi connectivity index (χ2n) is 12.6. The topological polar surface area (TPSA) is 100 Å². The van der Waals surface area contributed by atoms with Crippen molar-refractivity contribution in [3.63, 3.8) is 0 Å². The van der Waals surface area contributed by atoms with Gasteiger partial charge < -0.3 is 19.0 Å². The number of nitrogens with zero attached hydrogens (tertiary/aromatic N) is 1. The zero-order valence-electron chi connectivity index (χ0n) is 29.9. The van der Waals surface area contributed by atoms with Gasteiger partial charge in [0.2, 0.25) is 0 Å². The lowest BCUT2D eigenvalue weighted by Gasteiger charge is -2.29. The summed E-state index contributed by atoms with van der Waals surface area (Å²) in [6.45, 7) is -0.162. The summed E-state index contributed by atoms with van der Waals surface area (Å²) in [6.07, 6.45) is -1.09. The van der Waals surface area contributed by atoms with Gasteiger partial charge in [0.15, 0.2) is 6.10 Å². The average Bonchev–Trinajstić information content (AvgIpc) is 3.24. The number of hydrogen-bond acceptors (Lipinski definition) is 8. The SMILES string of the molecule is B[C@H](COC(=O)c1ccc(-c2ccccc2)cc1)[C@H](OC(=O)c1ccc(-c2ccccc2)cc1)[C@H](/C=N/OC)OC(=O)c1ccc(-c2ccccc2)cc1. The minimum atomic E-state index is -1.21. The number of carbonyl (C=O) groups excluding carboxylic acids is 3. The Bertz CT molecular complexity index is 2160. The molecule has 8 nitrogen and oxygen atoms in total.